The SMILES string of the molecule is CCCCOc1ccc(/C=C(\C#N)C(=O)Nc2ccc(Cl)cc2C)cc1OC. The molecular formula is C22H23ClN2O3. The van der Waals surface area contributed by atoms with Gasteiger partial charge in [0.05, 0.1) is 13.7 Å². The predicted octanol–water partition coefficient (Wildman–Crippen LogP) is 5.38. The van der Waals surface area contributed by atoms with Crippen LogP contribution in [0.1, 0.15) is 30.9 Å². The first-order valence-corrected chi connectivity index (χ1v) is 9.36. The molecule has 0 aromatic heterocycles. The molecule has 0 aliphatic heterocycles. The van der Waals surface area contributed by atoms with Gasteiger partial charge in [-0.1, -0.05) is 31.0 Å². The molecule has 0 fully saturated rings. The van der Waals surface area contributed by atoms with Crippen molar-refractivity contribution in [2.24, 2.45) is 0 Å². The molecule has 0 unspecified atom stereocenters. The number of nitriles is 1. The summed E-state index contributed by atoms with van der Waals surface area (Å²) in [7, 11) is 1.55. The Balaban J connectivity index is 2.20. The van der Waals surface area contributed by atoms with Crippen molar-refractivity contribution >= 4 is 29.3 Å². The van der Waals surface area contributed by atoms with Gasteiger partial charge >= 0.3 is 0 Å². The number of hydrogen-bond donors (Lipinski definition) is 1. The number of nitrogens with one attached hydrogen (secondary N) is 1. The minimum absolute atomic E-state index is 0.0175. The summed E-state index contributed by atoms with van der Waals surface area (Å²) in [6.45, 7) is 4.53. The van der Waals surface area contributed by atoms with Crippen LogP contribution in [-0.2, 0) is 4.79 Å². The van der Waals surface area contributed by atoms with Crippen LogP contribution in [0.25, 0.3) is 6.08 Å². The molecule has 0 heterocycles. The maximum Gasteiger partial charge on any atom is 0.266 e. The van der Waals surface area contributed by atoms with Crippen molar-refractivity contribution in [3.05, 3.63) is 58.1 Å². The van der Waals surface area contributed by atoms with Crippen LogP contribution in [0.3, 0.4) is 0 Å². The number of carbonyl (C=O) groups is 1. The van der Waals surface area contributed by atoms with E-state index < -0.39 is 5.91 Å². The standard InChI is InChI=1S/C22H23ClN2O3/c1-4-5-10-28-20-9-6-16(13-21(20)27-3)12-17(14-24)22(26)25-19-8-7-18(23)11-15(19)2/h6-9,11-13H,4-5,10H2,1-3H3,(H,25,26)/b17-12+. The summed E-state index contributed by atoms with van der Waals surface area (Å²) < 4.78 is 11.1. The number of rotatable bonds is 8. The second-order valence-corrected chi connectivity index (χ2v) is 6.63. The molecule has 2 rings (SSSR count). The van der Waals surface area contributed by atoms with Gasteiger partial charge in [-0.2, -0.15) is 5.26 Å². The summed E-state index contributed by atoms with van der Waals surface area (Å²) in [5.74, 6) is 0.694. The number of methoxy groups -OCH3 is 1. The van der Waals surface area contributed by atoms with Gasteiger partial charge in [-0.05, 0) is 60.9 Å². The Morgan fingerprint density at radius 3 is 2.68 bits per heavy atom. The third-order valence-electron chi connectivity index (χ3n) is 4.06. The van der Waals surface area contributed by atoms with Gasteiger partial charge in [0.25, 0.3) is 5.91 Å². The molecule has 1 amide bonds. The van der Waals surface area contributed by atoms with Crippen LogP contribution in [-0.4, -0.2) is 19.6 Å². The van der Waals surface area contributed by atoms with E-state index in [2.05, 4.69) is 12.2 Å². The van der Waals surface area contributed by atoms with E-state index in [-0.39, 0.29) is 5.57 Å². The lowest BCUT2D eigenvalue weighted by Gasteiger charge is -2.11. The van der Waals surface area contributed by atoms with E-state index in [4.69, 9.17) is 21.1 Å². The van der Waals surface area contributed by atoms with Crippen LogP contribution in [0.4, 0.5) is 5.69 Å². The molecule has 146 valence electrons. The number of amides is 1. The molecule has 0 spiro atoms. The summed E-state index contributed by atoms with van der Waals surface area (Å²) >= 11 is 5.93. The maximum absolute atomic E-state index is 12.5. The lowest BCUT2D eigenvalue weighted by molar-refractivity contribution is -0.112. The zero-order valence-electron chi connectivity index (χ0n) is 16.2. The number of nitrogens with zero attached hydrogens (tertiary/aromatic N) is 1. The quantitative estimate of drug-likeness (QED) is 0.368. The van der Waals surface area contributed by atoms with E-state index in [1.165, 1.54) is 6.08 Å². The Kier molecular flexibility index (Phi) is 7.91. The fourth-order valence-electron chi connectivity index (χ4n) is 2.49. The number of ether oxygens (including phenoxy) is 2. The van der Waals surface area contributed by atoms with Crippen LogP contribution < -0.4 is 14.8 Å². The second kappa shape index (κ2) is 10.4. The molecule has 0 aliphatic rings. The van der Waals surface area contributed by atoms with Gasteiger partial charge in [0.1, 0.15) is 11.6 Å². The Morgan fingerprint density at radius 1 is 1.25 bits per heavy atom. The number of halogens is 1. The second-order valence-electron chi connectivity index (χ2n) is 6.20. The topological polar surface area (TPSA) is 71.3 Å². The fourth-order valence-corrected chi connectivity index (χ4v) is 2.72. The molecule has 28 heavy (non-hydrogen) atoms. The van der Waals surface area contributed by atoms with Crippen LogP contribution >= 0.6 is 11.6 Å². The smallest absolute Gasteiger partial charge is 0.266 e. The average molecular weight is 399 g/mol. The van der Waals surface area contributed by atoms with Crippen molar-refractivity contribution in [1.29, 1.82) is 5.26 Å². The van der Waals surface area contributed by atoms with Gasteiger partial charge in [-0.15, -0.1) is 0 Å². The van der Waals surface area contributed by atoms with Crippen molar-refractivity contribution in [3.8, 4) is 17.6 Å². The summed E-state index contributed by atoms with van der Waals surface area (Å²) in [6, 6.07) is 12.4. The Labute approximate surface area is 170 Å². The molecule has 0 saturated carbocycles. The molecule has 0 saturated heterocycles. The molecule has 1 N–H and O–H groups in total. The third kappa shape index (κ3) is 5.77. The maximum atomic E-state index is 12.5. The normalized spacial score (nSPS) is 10.9. The van der Waals surface area contributed by atoms with Crippen molar-refractivity contribution < 1.29 is 14.3 Å². The number of carbonyl (C=O) groups excluding carboxylic acids is 1. The van der Waals surface area contributed by atoms with E-state index >= 15 is 0 Å². The van der Waals surface area contributed by atoms with Crippen molar-refractivity contribution in [2.75, 3.05) is 19.0 Å². The van der Waals surface area contributed by atoms with Gasteiger partial charge in [0.2, 0.25) is 0 Å². The number of anilines is 1. The molecule has 0 aliphatic carbocycles. The number of benzene rings is 2. The Hall–Kier alpha value is -2.97. The highest BCUT2D eigenvalue weighted by molar-refractivity contribution is 6.30. The fraction of sp³-hybridized carbons (Fsp3) is 0.273. The minimum atomic E-state index is -0.491. The zero-order chi connectivity index (χ0) is 20.5. The van der Waals surface area contributed by atoms with E-state index in [1.54, 1.807) is 43.5 Å². The lowest BCUT2D eigenvalue weighted by atomic mass is 10.1. The van der Waals surface area contributed by atoms with E-state index in [9.17, 15) is 10.1 Å². The predicted molar refractivity (Wildman–Crippen MR) is 112 cm³/mol. The summed E-state index contributed by atoms with van der Waals surface area (Å²) in [6.07, 6.45) is 3.50. The highest BCUT2D eigenvalue weighted by atomic mass is 35.5. The number of hydrogen-bond acceptors (Lipinski definition) is 4. The zero-order valence-corrected chi connectivity index (χ0v) is 17.0. The molecule has 0 atom stereocenters. The van der Waals surface area contributed by atoms with Gasteiger partial charge in [0.15, 0.2) is 11.5 Å². The first-order valence-electron chi connectivity index (χ1n) is 8.98. The monoisotopic (exact) mass is 398 g/mol. The summed E-state index contributed by atoms with van der Waals surface area (Å²) in [4.78, 5) is 12.5. The van der Waals surface area contributed by atoms with Gasteiger partial charge in [-0.25, -0.2) is 0 Å². The van der Waals surface area contributed by atoms with E-state index in [1.807, 2.05) is 13.0 Å². The van der Waals surface area contributed by atoms with E-state index in [0.29, 0.717) is 34.4 Å². The molecular weight excluding hydrogens is 376 g/mol. The van der Waals surface area contributed by atoms with Gasteiger partial charge in [-0.3, -0.25) is 4.79 Å². The lowest BCUT2D eigenvalue weighted by Crippen LogP contribution is -2.14. The summed E-state index contributed by atoms with van der Waals surface area (Å²) in [5.41, 5.74) is 2.07. The van der Waals surface area contributed by atoms with Gasteiger partial charge < -0.3 is 14.8 Å². The molecule has 0 bridgehead atoms. The van der Waals surface area contributed by atoms with Crippen molar-refractivity contribution in [3.63, 3.8) is 0 Å². The van der Waals surface area contributed by atoms with E-state index in [0.717, 1.165) is 18.4 Å². The number of unbranched alkanes of at least 4 members (excludes halogenated alkanes) is 1. The first kappa shape index (κ1) is 21.3. The summed E-state index contributed by atoms with van der Waals surface area (Å²) in [5, 5.41) is 12.7. The Morgan fingerprint density at radius 2 is 2.04 bits per heavy atom. The van der Waals surface area contributed by atoms with Gasteiger partial charge in [0, 0.05) is 10.7 Å². The van der Waals surface area contributed by atoms with Crippen LogP contribution in [0.2, 0.25) is 5.02 Å². The van der Waals surface area contributed by atoms with Crippen molar-refractivity contribution in [2.45, 2.75) is 26.7 Å². The first-order chi connectivity index (χ1) is 13.5. The highest BCUT2D eigenvalue weighted by Crippen LogP contribution is 2.29. The minimum Gasteiger partial charge on any atom is -0.493 e. The Bertz CT molecular complexity index is 916. The largest absolute Gasteiger partial charge is 0.493 e. The average Bonchev–Trinajstić information content (AvgIpc) is 2.69. The molecule has 2 aromatic rings. The molecule has 6 heteroatoms. The molecule has 5 nitrogen and oxygen atoms in total. The number of aryl methyl sites for hydroxylation is 1. The molecule has 2 aromatic carbocycles. The van der Waals surface area contributed by atoms with Crippen molar-refractivity contribution in [1.82, 2.24) is 0 Å². The van der Waals surface area contributed by atoms with Crippen LogP contribution in [0, 0.1) is 18.3 Å². The van der Waals surface area contributed by atoms with Crippen LogP contribution in [0.15, 0.2) is 42.0 Å². The highest BCUT2D eigenvalue weighted by Gasteiger charge is 2.12. The third-order valence-corrected chi connectivity index (χ3v) is 4.29. The van der Waals surface area contributed by atoms with Crippen LogP contribution in [0.5, 0.6) is 11.5 Å². The molecule has 0 radical (unpaired) electrons.